The Morgan fingerprint density at radius 3 is 2.69 bits per heavy atom. The standard InChI is InChI=1S/C33H46FN7O4/c1-21-15-38(27(14-35-21)17-37-10-11-45-19-22(37)2)18-29(43)39-20-33(4,5)30-28(39)13-25(12-24-6-8-26(34)9-7-24)31-36-40(16-23(3)42)32(44)41(30)31/h6-9,13,21-23,27,35,42H,10-12,14-20H2,1-5H3/t21-,22-,23?,27-/m1/s1. The van der Waals surface area contributed by atoms with Gasteiger partial charge in [-0.25, -0.2) is 18.3 Å². The minimum Gasteiger partial charge on any atom is -0.391 e. The van der Waals surface area contributed by atoms with E-state index in [1.165, 1.54) is 16.8 Å². The lowest BCUT2D eigenvalue weighted by Crippen LogP contribution is -2.62. The molecule has 4 atom stereocenters. The van der Waals surface area contributed by atoms with Crippen LogP contribution in [0.3, 0.4) is 0 Å². The fourth-order valence-corrected chi connectivity index (χ4v) is 7.15. The van der Waals surface area contributed by atoms with Crippen molar-refractivity contribution < 1.29 is 19.0 Å². The minimum absolute atomic E-state index is 0.00699. The van der Waals surface area contributed by atoms with Crippen LogP contribution in [-0.4, -0.2) is 112 Å². The van der Waals surface area contributed by atoms with Crippen LogP contribution in [0.5, 0.6) is 0 Å². The Morgan fingerprint density at radius 1 is 1.22 bits per heavy atom. The molecule has 2 fully saturated rings. The molecule has 3 aliphatic rings. The van der Waals surface area contributed by atoms with Gasteiger partial charge in [0.15, 0.2) is 5.65 Å². The van der Waals surface area contributed by atoms with Gasteiger partial charge in [0.05, 0.1) is 43.8 Å². The Labute approximate surface area is 263 Å². The highest BCUT2D eigenvalue weighted by Gasteiger charge is 2.43. The lowest BCUT2D eigenvalue weighted by molar-refractivity contribution is -0.121. The summed E-state index contributed by atoms with van der Waals surface area (Å²) in [5.41, 5.74) is 2.67. The van der Waals surface area contributed by atoms with E-state index in [2.05, 4.69) is 34.1 Å². The van der Waals surface area contributed by atoms with Gasteiger partial charge in [-0.2, -0.15) is 0 Å². The smallest absolute Gasteiger partial charge is 0.350 e. The molecule has 3 aliphatic heterocycles. The number of hydrogen-bond acceptors (Lipinski definition) is 8. The second-order valence-electron chi connectivity index (χ2n) is 13.9. The van der Waals surface area contributed by atoms with Crippen LogP contribution in [0.4, 0.5) is 10.1 Å². The van der Waals surface area contributed by atoms with Gasteiger partial charge in [-0.15, -0.1) is 5.10 Å². The van der Waals surface area contributed by atoms with Gasteiger partial charge >= 0.3 is 5.69 Å². The van der Waals surface area contributed by atoms with Crippen LogP contribution in [0.2, 0.25) is 0 Å². The second-order valence-corrected chi connectivity index (χ2v) is 13.9. The Kier molecular flexibility index (Phi) is 8.88. The third-order valence-corrected chi connectivity index (χ3v) is 9.45. The number of hydrogen-bond donors (Lipinski definition) is 2. The van der Waals surface area contributed by atoms with Crippen molar-refractivity contribution in [3.8, 4) is 0 Å². The molecule has 2 aromatic heterocycles. The number of anilines is 1. The number of pyridine rings is 1. The number of aliphatic hydroxyl groups is 1. The molecule has 0 spiro atoms. The Morgan fingerprint density at radius 2 is 1.98 bits per heavy atom. The normalized spacial score (nSPS) is 24.7. The first-order valence-electron chi connectivity index (χ1n) is 16.1. The average molecular weight is 624 g/mol. The second kappa shape index (κ2) is 12.6. The molecule has 0 radical (unpaired) electrons. The minimum atomic E-state index is -0.762. The Bertz CT molecular complexity index is 1600. The number of nitrogens with zero attached hydrogens (tertiary/aromatic N) is 6. The fourth-order valence-electron chi connectivity index (χ4n) is 7.15. The van der Waals surface area contributed by atoms with Crippen LogP contribution >= 0.6 is 0 Å². The number of halogens is 1. The van der Waals surface area contributed by atoms with Crippen LogP contribution in [-0.2, 0) is 27.9 Å². The number of amides is 1. The van der Waals surface area contributed by atoms with Gasteiger partial charge in [0.1, 0.15) is 5.82 Å². The Balaban J connectivity index is 1.36. The third-order valence-electron chi connectivity index (χ3n) is 9.45. The maximum Gasteiger partial charge on any atom is 0.350 e. The first-order chi connectivity index (χ1) is 21.4. The number of fused-ring (bicyclic) bond motifs is 3. The molecule has 3 aromatic rings. The highest BCUT2D eigenvalue weighted by Crippen LogP contribution is 2.42. The van der Waals surface area contributed by atoms with Gasteiger partial charge in [0.2, 0.25) is 5.91 Å². The quantitative estimate of drug-likeness (QED) is 0.390. The van der Waals surface area contributed by atoms with Gasteiger partial charge in [-0.3, -0.25) is 14.6 Å². The SMILES string of the molecule is CC(O)Cn1nc2c(Cc3ccc(F)cc3)cc3c(n2c1=O)C(C)(C)CN3C(=O)CN1C[C@@H](C)NC[C@@H]1CN1CCOC[C@H]1C. The number of nitrogens with one attached hydrogen (secondary N) is 1. The molecule has 2 saturated heterocycles. The van der Waals surface area contributed by atoms with E-state index in [4.69, 9.17) is 4.74 Å². The molecule has 1 aromatic carbocycles. The van der Waals surface area contributed by atoms with E-state index in [1.807, 2.05) is 24.8 Å². The molecule has 1 unspecified atom stereocenters. The van der Waals surface area contributed by atoms with Crippen molar-refractivity contribution in [3.63, 3.8) is 0 Å². The summed E-state index contributed by atoms with van der Waals surface area (Å²) in [5, 5.41) is 18.3. The summed E-state index contributed by atoms with van der Waals surface area (Å²) in [6.07, 6.45) is -0.359. The molecule has 5 heterocycles. The van der Waals surface area contributed by atoms with E-state index in [0.717, 1.165) is 56.2 Å². The summed E-state index contributed by atoms with van der Waals surface area (Å²) in [6, 6.07) is 9.02. The van der Waals surface area contributed by atoms with E-state index in [-0.39, 0.29) is 42.6 Å². The van der Waals surface area contributed by atoms with Crippen molar-refractivity contribution in [1.29, 1.82) is 0 Å². The molecule has 6 rings (SSSR count). The van der Waals surface area contributed by atoms with Crippen molar-refractivity contribution in [2.75, 3.05) is 57.4 Å². The zero-order chi connectivity index (χ0) is 32.0. The van der Waals surface area contributed by atoms with Gasteiger partial charge in [-0.05, 0) is 44.5 Å². The summed E-state index contributed by atoms with van der Waals surface area (Å²) < 4.78 is 22.3. The highest BCUT2D eigenvalue weighted by molar-refractivity contribution is 5.97. The molecule has 244 valence electrons. The predicted octanol–water partition coefficient (Wildman–Crippen LogP) is 1.61. The monoisotopic (exact) mass is 623 g/mol. The zero-order valence-electron chi connectivity index (χ0n) is 27.0. The number of aliphatic hydroxyl groups excluding tert-OH is 1. The number of aromatic nitrogens is 3. The summed E-state index contributed by atoms with van der Waals surface area (Å²) in [5.74, 6) is -0.329. The number of morpholine rings is 1. The number of rotatable bonds is 8. The van der Waals surface area contributed by atoms with Crippen LogP contribution in [0, 0.1) is 5.82 Å². The summed E-state index contributed by atoms with van der Waals surface area (Å²) in [7, 11) is 0. The van der Waals surface area contributed by atoms with E-state index >= 15 is 0 Å². The van der Waals surface area contributed by atoms with Crippen molar-refractivity contribution in [2.45, 2.75) is 77.2 Å². The number of benzene rings is 1. The van der Waals surface area contributed by atoms with E-state index < -0.39 is 11.5 Å². The maximum absolute atomic E-state index is 14.3. The first kappa shape index (κ1) is 31.8. The zero-order valence-corrected chi connectivity index (χ0v) is 27.0. The van der Waals surface area contributed by atoms with Gasteiger partial charge in [-0.1, -0.05) is 26.0 Å². The number of piperazine rings is 1. The van der Waals surface area contributed by atoms with Crippen LogP contribution in [0.15, 0.2) is 35.1 Å². The van der Waals surface area contributed by atoms with Gasteiger partial charge in [0, 0.05) is 68.2 Å². The lowest BCUT2D eigenvalue weighted by atomic mass is 9.90. The van der Waals surface area contributed by atoms with Gasteiger partial charge in [0.25, 0.3) is 0 Å². The third kappa shape index (κ3) is 6.44. The van der Waals surface area contributed by atoms with Crippen molar-refractivity contribution in [1.82, 2.24) is 29.3 Å². The molecular formula is C33H46FN7O4. The topological polar surface area (TPSA) is 108 Å². The van der Waals surface area contributed by atoms with Crippen molar-refractivity contribution >= 4 is 17.2 Å². The predicted molar refractivity (Wildman–Crippen MR) is 170 cm³/mol. The highest BCUT2D eigenvalue weighted by atomic mass is 19.1. The summed E-state index contributed by atoms with van der Waals surface area (Å²) in [6.45, 7) is 15.6. The average Bonchev–Trinajstić information content (AvgIpc) is 3.44. The molecule has 11 nitrogen and oxygen atoms in total. The molecule has 2 N–H and O–H groups in total. The molecule has 0 saturated carbocycles. The number of carbonyl (C=O) groups excluding carboxylic acids is 1. The maximum atomic E-state index is 14.3. The summed E-state index contributed by atoms with van der Waals surface area (Å²) in [4.78, 5) is 34.7. The van der Waals surface area contributed by atoms with Crippen LogP contribution < -0.4 is 15.9 Å². The van der Waals surface area contributed by atoms with E-state index in [0.29, 0.717) is 30.3 Å². The molecule has 0 bridgehead atoms. The summed E-state index contributed by atoms with van der Waals surface area (Å²) >= 11 is 0. The number of carbonyl (C=O) groups is 1. The largest absolute Gasteiger partial charge is 0.391 e. The number of ether oxygens (including phenoxy) is 1. The van der Waals surface area contributed by atoms with Crippen molar-refractivity contribution in [3.05, 3.63) is 63.5 Å². The van der Waals surface area contributed by atoms with Crippen LogP contribution in [0.1, 0.15) is 51.4 Å². The van der Waals surface area contributed by atoms with Gasteiger partial charge < -0.3 is 20.1 Å². The molecule has 0 aliphatic carbocycles. The Hall–Kier alpha value is -3.16. The molecule has 1 amide bonds. The molecule has 12 heteroatoms. The fraction of sp³-hybridized carbons (Fsp3) is 0.606. The lowest BCUT2D eigenvalue weighted by Gasteiger charge is -2.43. The molecular weight excluding hydrogens is 577 g/mol. The first-order valence-corrected chi connectivity index (χ1v) is 16.1. The van der Waals surface area contributed by atoms with E-state index in [1.54, 1.807) is 23.5 Å². The van der Waals surface area contributed by atoms with Crippen LogP contribution in [0.25, 0.3) is 5.65 Å². The van der Waals surface area contributed by atoms with E-state index in [9.17, 15) is 19.1 Å². The molecule has 45 heavy (non-hydrogen) atoms. The van der Waals surface area contributed by atoms with Crippen molar-refractivity contribution in [2.24, 2.45) is 0 Å².